The van der Waals surface area contributed by atoms with Crippen LogP contribution in [0.2, 0.25) is 0 Å². The molecular formula is C32H37N5O10S. The predicted octanol–water partition coefficient (Wildman–Crippen LogP) is 2.41. The van der Waals surface area contributed by atoms with Gasteiger partial charge in [0.05, 0.1) is 26.1 Å². The molecule has 0 bridgehead atoms. The predicted molar refractivity (Wildman–Crippen MR) is 171 cm³/mol. The fourth-order valence-corrected chi connectivity index (χ4v) is 5.86. The minimum absolute atomic E-state index is 0.0760. The smallest absolute Gasteiger partial charge is 0.350 e. The van der Waals surface area contributed by atoms with Crippen LogP contribution in [0.25, 0.3) is 11.2 Å². The Balaban J connectivity index is 1.86. The number of esters is 4. The summed E-state index contributed by atoms with van der Waals surface area (Å²) in [4.78, 5) is 65.4. The molecule has 15 nitrogen and oxygen atoms in total. The van der Waals surface area contributed by atoms with E-state index in [4.69, 9.17) is 40.6 Å². The number of terminal acetylenes is 1. The summed E-state index contributed by atoms with van der Waals surface area (Å²) < 4.78 is 36.0. The van der Waals surface area contributed by atoms with E-state index in [9.17, 15) is 19.2 Å². The summed E-state index contributed by atoms with van der Waals surface area (Å²) in [5, 5.41) is 0.351. The van der Waals surface area contributed by atoms with Crippen molar-refractivity contribution in [1.29, 1.82) is 0 Å². The lowest BCUT2D eigenvalue weighted by molar-refractivity contribution is -0.200. The Bertz CT molecular complexity index is 1680. The molecule has 3 aromatic rings. The molecule has 16 heteroatoms. The van der Waals surface area contributed by atoms with Crippen molar-refractivity contribution in [3.05, 3.63) is 42.2 Å². The van der Waals surface area contributed by atoms with E-state index < -0.39 is 60.1 Å². The van der Waals surface area contributed by atoms with Crippen molar-refractivity contribution in [1.82, 2.24) is 19.5 Å². The van der Waals surface area contributed by atoms with Gasteiger partial charge in [-0.2, -0.15) is 0 Å². The first-order valence-electron chi connectivity index (χ1n) is 15.1. The molecule has 4 atom stereocenters. The lowest BCUT2D eigenvalue weighted by Crippen LogP contribution is -2.57. The van der Waals surface area contributed by atoms with Crippen molar-refractivity contribution < 1.29 is 47.6 Å². The van der Waals surface area contributed by atoms with Crippen LogP contribution in [-0.2, 0) is 54.0 Å². The molecule has 1 aromatic carbocycles. The number of carbonyl (C=O) groups is 4. The summed E-state index contributed by atoms with van der Waals surface area (Å²) in [6.45, 7) is 6.52. The molecule has 0 spiro atoms. The van der Waals surface area contributed by atoms with Crippen LogP contribution < -0.4 is 5.73 Å². The van der Waals surface area contributed by atoms with E-state index in [1.807, 2.05) is 6.92 Å². The zero-order chi connectivity index (χ0) is 35.1. The average Bonchev–Trinajstić information content (AvgIpc) is 3.59. The molecule has 1 aliphatic heterocycles. The lowest BCUT2D eigenvalue weighted by atomic mass is 9.91. The van der Waals surface area contributed by atoms with Crippen LogP contribution in [0.1, 0.15) is 46.4 Å². The van der Waals surface area contributed by atoms with E-state index in [-0.39, 0.29) is 36.6 Å². The summed E-state index contributed by atoms with van der Waals surface area (Å²) in [5.74, 6) is -0.485. The summed E-state index contributed by atoms with van der Waals surface area (Å²) >= 11 is 1.33. The Morgan fingerprint density at radius 2 is 1.73 bits per heavy atom. The lowest BCUT2D eigenvalue weighted by Gasteiger charge is -2.34. The van der Waals surface area contributed by atoms with Crippen LogP contribution in [-0.4, -0.2) is 92.4 Å². The number of rotatable bonds is 14. The number of fused-ring (bicyclic) bond motifs is 1. The van der Waals surface area contributed by atoms with E-state index in [1.165, 1.54) is 22.7 Å². The minimum atomic E-state index is -2.34. The number of imidazole rings is 1. The van der Waals surface area contributed by atoms with E-state index >= 15 is 0 Å². The molecule has 0 amide bonds. The van der Waals surface area contributed by atoms with Gasteiger partial charge in [-0.15, -0.1) is 6.42 Å². The molecule has 0 saturated carbocycles. The van der Waals surface area contributed by atoms with Gasteiger partial charge in [0.25, 0.3) is 5.60 Å². The molecule has 4 rings (SSSR count). The second-order valence-electron chi connectivity index (χ2n) is 10.5. The van der Waals surface area contributed by atoms with Crippen LogP contribution in [0.4, 0.5) is 5.82 Å². The summed E-state index contributed by atoms with van der Waals surface area (Å²) in [5.41, 5.74) is 2.69. The van der Waals surface area contributed by atoms with Crippen molar-refractivity contribution in [3.63, 3.8) is 0 Å². The first-order valence-corrected chi connectivity index (χ1v) is 16.1. The highest BCUT2D eigenvalue weighted by atomic mass is 32.2. The monoisotopic (exact) mass is 683 g/mol. The maximum absolute atomic E-state index is 13.6. The Kier molecular flexibility index (Phi) is 11.6. The quantitative estimate of drug-likeness (QED) is 0.0650. The number of ether oxygens (including phenoxy) is 6. The molecule has 1 aliphatic rings. The molecule has 1 saturated heterocycles. The number of nitrogens with two attached hydrogens (primary N) is 1. The van der Waals surface area contributed by atoms with Crippen molar-refractivity contribution in [2.24, 2.45) is 0 Å². The number of carbonyl (C=O) groups excluding carboxylic acids is 4. The number of hydrogen-bond acceptors (Lipinski definition) is 15. The van der Waals surface area contributed by atoms with Gasteiger partial charge in [0.15, 0.2) is 22.8 Å². The molecular weight excluding hydrogens is 646 g/mol. The molecule has 3 heterocycles. The Labute approximate surface area is 281 Å². The molecule has 0 aliphatic carbocycles. The number of anilines is 1. The standard InChI is InChI=1S/C32H37N5O10S/c1-7-31(47-20(6)39)22(17-44-32(28(40)42-8-2,29(41)43-9-3)16-21-14-12-11-13-15-21)46-27(24(31)45-19(5)38)37-18-34-23-25(33)35-30(48-10-4)36-26(23)37/h1,11-15,18,22,24,27H,8-10,16-17H2,2-6H3,(H2,33,35,36)/t22-,24+,27-,31-/m1/s1. The average molecular weight is 684 g/mol. The molecule has 256 valence electrons. The van der Waals surface area contributed by atoms with Gasteiger partial charge in [0, 0.05) is 20.3 Å². The summed E-state index contributed by atoms with van der Waals surface area (Å²) in [7, 11) is 0. The van der Waals surface area contributed by atoms with Gasteiger partial charge in [-0.3, -0.25) is 14.2 Å². The van der Waals surface area contributed by atoms with Gasteiger partial charge in [-0.25, -0.2) is 24.5 Å². The van der Waals surface area contributed by atoms with Crippen molar-refractivity contribution >= 4 is 52.6 Å². The number of nitrogen functional groups attached to an aromatic ring is 1. The van der Waals surface area contributed by atoms with E-state index in [2.05, 4.69) is 20.9 Å². The third kappa shape index (κ3) is 7.23. The van der Waals surface area contributed by atoms with Crippen LogP contribution in [0.3, 0.4) is 0 Å². The highest BCUT2D eigenvalue weighted by Crippen LogP contribution is 2.44. The number of nitrogens with zero attached hydrogens (tertiary/aromatic N) is 4. The number of hydrogen-bond donors (Lipinski definition) is 1. The van der Waals surface area contributed by atoms with Crippen LogP contribution >= 0.6 is 11.8 Å². The number of thioether (sulfide) groups is 1. The molecule has 2 N–H and O–H groups in total. The SMILES string of the molecule is C#C[C@@]1(OC(C)=O)[C@@H](COC(Cc2ccccc2)(C(=O)OCC)C(=O)OCC)O[C@@H](n2cnc3c(N)nc(SCC)nc32)[C@@H]1OC(C)=O. The van der Waals surface area contributed by atoms with Gasteiger partial charge in [-0.05, 0) is 25.2 Å². The summed E-state index contributed by atoms with van der Waals surface area (Å²) in [6.07, 6.45) is 2.85. The van der Waals surface area contributed by atoms with Crippen LogP contribution in [0.5, 0.6) is 0 Å². The zero-order valence-electron chi connectivity index (χ0n) is 27.2. The maximum Gasteiger partial charge on any atom is 0.350 e. The Morgan fingerprint density at radius 3 is 2.29 bits per heavy atom. The molecule has 1 fully saturated rings. The van der Waals surface area contributed by atoms with E-state index in [0.29, 0.717) is 16.5 Å². The third-order valence-electron chi connectivity index (χ3n) is 7.26. The first-order chi connectivity index (χ1) is 23.0. The van der Waals surface area contributed by atoms with Gasteiger partial charge in [0.2, 0.25) is 11.7 Å². The van der Waals surface area contributed by atoms with Gasteiger partial charge in [-0.1, -0.05) is 54.9 Å². The zero-order valence-corrected chi connectivity index (χ0v) is 28.0. The highest BCUT2D eigenvalue weighted by molar-refractivity contribution is 7.99. The fourth-order valence-electron chi connectivity index (χ4n) is 5.29. The van der Waals surface area contributed by atoms with Crippen molar-refractivity contribution in [2.75, 3.05) is 31.3 Å². The van der Waals surface area contributed by atoms with Crippen LogP contribution in [0.15, 0.2) is 41.8 Å². The Morgan fingerprint density at radius 1 is 1.06 bits per heavy atom. The second-order valence-corrected chi connectivity index (χ2v) is 11.7. The minimum Gasteiger partial charge on any atom is -0.463 e. The van der Waals surface area contributed by atoms with Crippen LogP contribution in [0, 0.1) is 12.3 Å². The van der Waals surface area contributed by atoms with Crippen molar-refractivity contribution in [3.8, 4) is 12.3 Å². The third-order valence-corrected chi connectivity index (χ3v) is 7.99. The van der Waals surface area contributed by atoms with Gasteiger partial charge < -0.3 is 34.2 Å². The topological polar surface area (TPSA) is 193 Å². The molecule has 0 radical (unpaired) electrons. The highest BCUT2D eigenvalue weighted by Gasteiger charge is 2.63. The summed E-state index contributed by atoms with van der Waals surface area (Å²) in [6, 6.07) is 8.62. The van der Waals surface area contributed by atoms with Gasteiger partial charge >= 0.3 is 23.9 Å². The fraction of sp³-hybridized carbons (Fsp3) is 0.469. The number of benzene rings is 1. The normalized spacial score (nSPS) is 20.5. The maximum atomic E-state index is 13.6. The first kappa shape index (κ1) is 36.1. The molecule has 0 unspecified atom stereocenters. The van der Waals surface area contributed by atoms with E-state index in [0.717, 1.165) is 13.8 Å². The van der Waals surface area contributed by atoms with Crippen molar-refractivity contribution in [2.45, 2.75) is 75.8 Å². The molecule has 2 aromatic heterocycles. The molecule has 48 heavy (non-hydrogen) atoms. The van der Waals surface area contributed by atoms with E-state index in [1.54, 1.807) is 44.2 Å². The second kappa shape index (κ2) is 15.5. The largest absolute Gasteiger partial charge is 0.463 e. The number of aromatic nitrogens is 4. The Hall–Kier alpha value is -4.72. The van der Waals surface area contributed by atoms with Gasteiger partial charge in [0.1, 0.15) is 11.6 Å².